The summed E-state index contributed by atoms with van der Waals surface area (Å²) >= 11 is 1.59. The summed E-state index contributed by atoms with van der Waals surface area (Å²) < 4.78 is 5.13. The van der Waals surface area contributed by atoms with E-state index in [0.29, 0.717) is 0 Å². The van der Waals surface area contributed by atoms with Crippen LogP contribution in [-0.2, 0) is 10.5 Å². The van der Waals surface area contributed by atoms with Gasteiger partial charge in [-0.25, -0.2) is 5.43 Å². The number of thioether (sulfide) groups is 1. The first-order chi connectivity index (χ1) is 11.6. The molecule has 126 valence electrons. The van der Waals surface area contributed by atoms with E-state index < -0.39 is 0 Å². The Morgan fingerprint density at radius 2 is 1.83 bits per heavy atom. The molecular weight excluding hydrogens is 320 g/mol. The number of nitrogens with zero attached hydrogens (tertiary/aromatic N) is 1. The van der Waals surface area contributed by atoms with Crippen LogP contribution in [0.2, 0.25) is 0 Å². The fraction of sp³-hybridized carbons (Fsp3) is 0.263. The van der Waals surface area contributed by atoms with Gasteiger partial charge >= 0.3 is 0 Å². The van der Waals surface area contributed by atoms with Crippen LogP contribution in [-0.4, -0.2) is 24.0 Å². The Kier molecular flexibility index (Phi) is 6.88. The van der Waals surface area contributed by atoms with Crippen molar-refractivity contribution in [3.8, 4) is 5.75 Å². The summed E-state index contributed by atoms with van der Waals surface area (Å²) in [5.74, 6) is 1.50. The van der Waals surface area contributed by atoms with E-state index in [-0.39, 0.29) is 11.2 Å². The third-order valence-corrected chi connectivity index (χ3v) is 4.77. The molecule has 0 radical (unpaired) electrons. The number of carbonyl (C=O) groups excluding carboxylic acids is 1. The van der Waals surface area contributed by atoms with Crippen LogP contribution in [0.3, 0.4) is 0 Å². The van der Waals surface area contributed by atoms with Crippen LogP contribution in [0.25, 0.3) is 0 Å². The number of hydrogen-bond donors (Lipinski definition) is 1. The fourth-order valence-corrected chi connectivity index (χ4v) is 2.84. The van der Waals surface area contributed by atoms with Gasteiger partial charge in [0.05, 0.1) is 18.1 Å². The molecular formula is C19H22N2O2S. The van der Waals surface area contributed by atoms with Crippen molar-refractivity contribution in [2.75, 3.05) is 7.11 Å². The Labute approximate surface area is 147 Å². The van der Waals surface area contributed by atoms with Crippen molar-refractivity contribution in [2.24, 2.45) is 5.10 Å². The van der Waals surface area contributed by atoms with Crippen LogP contribution in [0.5, 0.6) is 5.75 Å². The van der Waals surface area contributed by atoms with Crippen molar-refractivity contribution < 1.29 is 9.53 Å². The van der Waals surface area contributed by atoms with E-state index in [1.54, 1.807) is 18.9 Å². The number of nitrogens with one attached hydrogen (secondary N) is 1. The third-order valence-electron chi connectivity index (χ3n) is 3.55. The Morgan fingerprint density at radius 1 is 1.17 bits per heavy atom. The summed E-state index contributed by atoms with van der Waals surface area (Å²) in [5.41, 5.74) is 5.55. The summed E-state index contributed by atoms with van der Waals surface area (Å²) in [5, 5.41) is 4.02. The van der Waals surface area contributed by atoms with Gasteiger partial charge in [0, 0.05) is 5.75 Å². The second-order valence-electron chi connectivity index (χ2n) is 5.34. The molecule has 0 aliphatic rings. The summed E-state index contributed by atoms with van der Waals surface area (Å²) in [4.78, 5) is 12.1. The standard InChI is InChI=1S/C19H22N2O2S/c1-14(17-9-11-18(23-3)12-10-17)20-21-19(22)15(2)24-13-16-7-5-4-6-8-16/h4-12,15H,13H2,1-3H3,(H,21,22)/b20-14-/t15-/m1/s1. The van der Waals surface area contributed by atoms with E-state index >= 15 is 0 Å². The molecule has 0 spiro atoms. The third kappa shape index (κ3) is 5.42. The van der Waals surface area contributed by atoms with E-state index in [1.165, 1.54) is 5.56 Å². The van der Waals surface area contributed by atoms with E-state index in [2.05, 4.69) is 22.7 Å². The zero-order chi connectivity index (χ0) is 17.4. The van der Waals surface area contributed by atoms with Crippen molar-refractivity contribution in [3.05, 3.63) is 65.7 Å². The first-order valence-corrected chi connectivity index (χ1v) is 8.79. The summed E-state index contributed by atoms with van der Waals surface area (Å²) in [7, 11) is 1.63. The molecule has 1 amide bonds. The topological polar surface area (TPSA) is 50.7 Å². The lowest BCUT2D eigenvalue weighted by atomic mass is 10.1. The van der Waals surface area contributed by atoms with Crippen LogP contribution >= 0.6 is 11.8 Å². The quantitative estimate of drug-likeness (QED) is 0.614. The maximum Gasteiger partial charge on any atom is 0.252 e. The minimum absolute atomic E-state index is 0.0937. The summed E-state index contributed by atoms with van der Waals surface area (Å²) in [6.45, 7) is 3.76. The Bertz CT molecular complexity index is 684. The Hall–Kier alpha value is -2.27. The van der Waals surface area contributed by atoms with Crippen LogP contribution in [0.15, 0.2) is 59.7 Å². The predicted octanol–water partition coefficient (Wildman–Crippen LogP) is 3.86. The molecule has 4 nitrogen and oxygen atoms in total. The van der Waals surface area contributed by atoms with Crippen LogP contribution < -0.4 is 10.2 Å². The SMILES string of the molecule is COc1ccc(/C(C)=N\NC(=O)[C@@H](C)SCc2ccccc2)cc1. The lowest BCUT2D eigenvalue weighted by molar-refractivity contribution is -0.120. The number of amides is 1. The molecule has 2 aromatic rings. The highest BCUT2D eigenvalue weighted by molar-refractivity contribution is 7.99. The van der Waals surface area contributed by atoms with Gasteiger partial charge in [-0.1, -0.05) is 30.3 Å². The zero-order valence-corrected chi connectivity index (χ0v) is 15.0. The number of carbonyl (C=O) groups is 1. The molecule has 5 heteroatoms. The van der Waals surface area contributed by atoms with Gasteiger partial charge < -0.3 is 4.74 Å². The molecule has 2 aromatic carbocycles. The van der Waals surface area contributed by atoms with Gasteiger partial charge in [0.2, 0.25) is 0 Å². The molecule has 0 bridgehead atoms. The van der Waals surface area contributed by atoms with Gasteiger partial charge in [-0.2, -0.15) is 5.10 Å². The average Bonchev–Trinajstić information content (AvgIpc) is 2.64. The van der Waals surface area contributed by atoms with Crippen LogP contribution in [0.4, 0.5) is 0 Å². The molecule has 0 aliphatic carbocycles. The van der Waals surface area contributed by atoms with Crippen LogP contribution in [0.1, 0.15) is 25.0 Å². The highest BCUT2D eigenvalue weighted by Crippen LogP contribution is 2.17. The molecule has 0 unspecified atom stereocenters. The Balaban J connectivity index is 1.85. The van der Waals surface area contributed by atoms with Crippen molar-refractivity contribution >= 4 is 23.4 Å². The molecule has 2 rings (SSSR count). The maximum absolute atomic E-state index is 12.1. The fourth-order valence-electron chi connectivity index (χ4n) is 2.00. The minimum atomic E-state index is -0.169. The molecule has 1 N–H and O–H groups in total. The van der Waals surface area contributed by atoms with Gasteiger partial charge in [-0.15, -0.1) is 11.8 Å². The molecule has 1 atom stereocenters. The minimum Gasteiger partial charge on any atom is -0.497 e. The summed E-state index contributed by atoms with van der Waals surface area (Å²) in [6.07, 6.45) is 0. The van der Waals surface area contributed by atoms with Gasteiger partial charge in [0.25, 0.3) is 5.91 Å². The first kappa shape index (κ1) is 18.1. The lowest BCUT2D eigenvalue weighted by Crippen LogP contribution is -2.27. The smallest absolute Gasteiger partial charge is 0.252 e. The van der Waals surface area contributed by atoms with Gasteiger partial charge in [-0.3, -0.25) is 4.79 Å². The molecule has 0 aromatic heterocycles. The number of methoxy groups -OCH3 is 1. The monoisotopic (exact) mass is 342 g/mol. The molecule has 0 saturated carbocycles. The van der Waals surface area contributed by atoms with E-state index in [1.807, 2.05) is 56.3 Å². The van der Waals surface area contributed by atoms with Crippen molar-refractivity contribution in [2.45, 2.75) is 24.9 Å². The molecule has 0 aliphatic heterocycles. The Morgan fingerprint density at radius 3 is 2.46 bits per heavy atom. The van der Waals surface area contributed by atoms with E-state index in [0.717, 1.165) is 22.8 Å². The molecule has 24 heavy (non-hydrogen) atoms. The first-order valence-electron chi connectivity index (χ1n) is 7.74. The number of hydrazone groups is 1. The summed E-state index contributed by atoms with van der Waals surface area (Å²) in [6, 6.07) is 17.7. The molecule has 0 heterocycles. The lowest BCUT2D eigenvalue weighted by Gasteiger charge is -2.10. The second kappa shape index (κ2) is 9.13. The molecule has 0 fully saturated rings. The van der Waals surface area contributed by atoms with Gasteiger partial charge in [0.1, 0.15) is 5.75 Å². The highest BCUT2D eigenvalue weighted by Gasteiger charge is 2.13. The second-order valence-corrected chi connectivity index (χ2v) is 6.67. The predicted molar refractivity (Wildman–Crippen MR) is 101 cm³/mol. The largest absolute Gasteiger partial charge is 0.497 e. The van der Waals surface area contributed by atoms with Crippen molar-refractivity contribution in [3.63, 3.8) is 0 Å². The number of rotatable bonds is 7. The van der Waals surface area contributed by atoms with Gasteiger partial charge in [-0.05, 0) is 49.2 Å². The maximum atomic E-state index is 12.1. The number of hydrogen-bond acceptors (Lipinski definition) is 4. The van der Waals surface area contributed by atoms with Crippen LogP contribution in [0, 0.1) is 0 Å². The number of ether oxygens (including phenoxy) is 1. The molecule has 0 saturated heterocycles. The van der Waals surface area contributed by atoms with Crippen molar-refractivity contribution in [1.82, 2.24) is 5.43 Å². The van der Waals surface area contributed by atoms with Crippen molar-refractivity contribution in [1.29, 1.82) is 0 Å². The number of benzene rings is 2. The van der Waals surface area contributed by atoms with E-state index in [4.69, 9.17) is 4.74 Å². The van der Waals surface area contributed by atoms with Gasteiger partial charge in [0.15, 0.2) is 0 Å². The normalized spacial score (nSPS) is 12.5. The zero-order valence-electron chi connectivity index (χ0n) is 14.2. The van der Waals surface area contributed by atoms with E-state index in [9.17, 15) is 4.79 Å². The average molecular weight is 342 g/mol. The highest BCUT2D eigenvalue weighted by atomic mass is 32.2.